The Balaban J connectivity index is 2.06. The smallest absolute Gasteiger partial charge is 0.148 e. The lowest BCUT2D eigenvalue weighted by molar-refractivity contribution is 0.411. The molecular formula is C13H16FN3O. The SMILES string of the molecule is COc1ccc(CNc2cc(C)n(C)n2)c(F)c1. The Labute approximate surface area is 105 Å². The molecule has 18 heavy (non-hydrogen) atoms. The number of ether oxygens (including phenoxy) is 1. The summed E-state index contributed by atoms with van der Waals surface area (Å²) in [4.78, 5) is 0. The number of hydrogen-bond acceptors (Lipinski definition) is 3. The van der Waals surface area contributed by atoms with Crippen LogP contribution in [0.25, 0.3) is 0 Å². The van der Waals surface area contributed by atoms with Crippen LogP contribution in [0.1, 0.15) is 11.3 Å². The zero-order valence-electron chi connectivity index (χ0n) is 10.7. The molecular weight excluding hydrogens is 233 g/mol. The summed E-state index contributed by atoms with van der Waals surface area (Å²) in [5.41, 5.74) is 1.63. The van der Waals surface area contributed by atoms with E-state index in [1.54, 1.807) is 16.8 Å². The third kappa shape index (κ3) is 2.61. The predicted molar refractivity (Wildman–Crippen MR) is 68.2 cm³/mol. The maximum Gasteiger partial charge on any atom is 0.148 e. The molecule has 0 aliphatic heterocycles. The van der Waals surface area contributed by atoms with E-state index in [1.807, 2.05) is 20.0 Å². The van der Waals surface area contributed by atoms with Gasteiger partial charge in [0.1, 0.15) is 17.4 Å². The Bertz CT molecular complexity index is 532. The van der Waals surface area contributed by atoms with Gasteiger partial charge in [0.2, 0.25) is 0 Å². The summed E-state index contributed by atoms with van der Waals surface area (Å²) >= 11 is 0. The molecule has 96 valence electrons. The van der Waals surface area contributed by atoms with E-state index < -0.39 is 0 Å². The zero-order chi connectivity index (χ0) is 13.1. The van der Waals surface area contributed by atoms with E-state index in [4.69, 9.17) is 4.74 Å². The number of benzene rings is 1. The van der Waals surface area contributed by atoms with Crippen LogP contribution >= 0.6 is 0 Å². The van der Waals surface area contributed by atoms with Gasteiger partial charge < -0.3 is 10.1 Å². The van der Waals surface area contributed by atoms with Crippen molar-refractivity contribution in [2.45, 2.75) is 13.5 Å². The van der Waals surface area contributed by atoms with Gasteiger partial charge in [-0.1, -0.05) is 6.07 Å². The van der Waals surface area contributed by atoms with Gasteiger partial charge in [-0.15, -0.1) is 0 Å². The standard InChI is InChI=1S/C13H16FN3O/c1-9-6-13(16-17(9)2)15-8-10-4-5-11(18-3)7-12(10)14/h4-7H,8H2,1-3H3,(H,15,16). The molecule has 0 radical (unpaired) electrons. The second-order valence-corrected chi connectivity index (χ2v) is 4.11. The van der Waals surface area contributed by atoms with E-state index in [1.165, 1.54) is 13.2 Å². The first kappa shape index (κ1) is 12.4. The lowest BCUT2D eigenvalue weighted by Crippen LogP contribution is -2.03. The summed E-state index contributed by atoms with van der Waals surface area (Å²) in [6.07, 6.45) is 0. The van der Waals surface area contributed by atoms with Crippen LogP contribution in [-0.2, 0) is 13.6 Å². The van der Waals surface area contributed by atoms with Gasteiger partial charge in [0.25, 0.3) is 0 Å². The van der Waals surface area contributed by atoms with Gasteiger partial charge in [-0.25, -0.2) is 4.39 Å². The highest BCUT2D eigenvalue weighted by Crippen LogP contribution is 2.17. The van der Waals surface area contributed by atoms with E-state index in [2.05, 4.69) is 10.4 Å². The number of halogens is 1. The fourth-order valence-corrected chi connectivity index (χ4v) is 1.63. The highest BCUT2D eigenvalue weighted by atomic mass is 19.1. The Kier molecular flexibility index (Phi) is 3.50. The topological polar surface area (TPSA) is 39.1 Å². The minimum Gasteiger partial charge on any atom is -0.497 e. The summed E-state index contributed by atoms with van der Waals surface area (Å²) in [6, 6.07) is 6.74. The number of anilines is 1. The van der Waals surface area contributed by atoms with Crippen molar-refractivity contribution in [3.8, 4) is 5.75 Å². The van der Waals surface area contributed by atoms with Crippen molar-refractivity contribution >= 4 is 5.82 Å². The molecule has 0 saturated carbocycles. The summed E-state index contributed by atoms with van der Waals surface area (Å²) in [5.74, 6) is 0.977. The molecule has 1 N–H and O–H groups in total. The normalized spacial score (nSPS) is 10.4. The molecule has 0 aliphatic rings. The summed E-state index contributed by atoms with van der Waals surface area (Å²) < 4.78 is 20.4. The maximum absolute atomic E-state index is 13.7. The average molecular weight is 249 g/mol. The second kappa shape index (κ2) is 5.08. The number of methoxy groups -OCH3 is 1. The van der Waals surface area contributed by atoms with Gasteiger partial charge >= 0.3 is 0 Å². The van der Waals surface area contributed by atoms with Gasteiger partial charge in [-0.05, 0) is 13.0 Å². The maximum atomic E-state index is 13.7. The monoisotopic (exact) mass is 249 g/mol. The Morgan fingerprint density at radius 3 is 2.72 bits per heavy atom. The lowest BCUT2D eigenvalue weighted by atomic mass is 10.2. The summed E-state index contributed by atoms with van der Waals surface area (Å²) in [6.45, 7) is 2.36. The largest absolute Gasteiger partial charge is 0.497 e. The summed E-state index contributed by atoms with van der Waals surface area (Å²) in [5, 5.41) is 7.34. The molecule has 0 bridgehead atoms. The van der Waals surface area contributed by atoms with Gasteiger partial charge in [-0.3, -0.25) is 4.68 Å². The molecule has 0 fully saturated rings. The molecule has 0 atom stereocenters. The lowest BCUT2D eigenvalue weighted by Gasteiger charge is -2.06. The van der Waals surface area contributed by atoms with Crippen molar-refractivity contribution in [2.75, 3.05) is 12.4 Å². The Morgan fingerprint density at radius 1 is 1.39 bits per heavy atom. The van der Waals surface area contributed by atoms with Crippen LogP contribution in [0.4, 0.5) is 10.2 Å². The molecule has 1 heterocycles. The molecule has 2 aromatic rings. The van der Waals surface area contributed by atoms with E-state index in [9.17, 15) is 4.39 Å². The average Bonchev–Trinajstić information content (AvgIpc) is 2.67. The fraction of sp³-hybridized carbons (Fsp3) is 0.308. The minimum absolute atomic E-state index is 0.283. The van der Waals surface area contributed by atoms with Crippen LogP contribution in [-0.4, -0.2) is 16.9 Å². The van der Waals surface area contributed by atoms with E-state index in [-0.39, 0.29) is 5.82 Å². The van der Waals surface area contributed by atoms with Crippen LogP contribution in [0, 0.1) is 12.7 Å². The van der Waals surface area contributed by atoms with Crippen molar-refractivity contribution in [3.05, 3.63) is 41.3 Å². The number of aromatic nitrogens is 2. The highest BCUT2D eigenvalue weighted by Gasteiger charge is 2.05. The number of hydrogen-bond donors (Lipinski definition) is 1. The molecule has 0 amide bonds. The third-order valence-corrected chi connectivity index (χ3v) is 2.83. The van der Waals surface area contributed by atoms with E-state index in [0.717, 1.165) is 11.5 Å². The first-order valence-electron chi connectivity index (χ1n) is 5.67. The van der Waals surface area contributed by atoms with Crippen LogP contribution in [0.2, 0.25) is 0 Å². The van der Waals surface area contributed by atoms with Crippen molar-refractivity contribution in [3.63, 3.8) is 0 Å². The second-order valence-electron chi connectivity index (χ2n) is 4.11. The Hall–Kier alpha value is -2.04. The number of rotatable bonds is 4. The molecule has 1 aromatic carbocycles. The van der Waals surface area contributed by atoms with E-state index in [0.29, 0.717) is 17.9 Å². The molecule has 1 aromatic heterocycles. The molecule has 2 rings (SSSR count). The van der Waals surface area contributed by atoms with Crippen molar-refractivity contribution in [2.24, 2.45) is 7.05 Å². The van der Waals surface area contributed by atoms with E-state index >= 15 is 0 Å². The number of aryl methyl sites for hydroxylation is 2. The van der Waals surface area contributed by atoms with Crippen molar-refractivity contribution < 1.29 is 9.13 Å². The third-order valence-electron chi connectivity index (χ3n) is 2.83. The highest BCUT2D eigenvalue weighted by molar-refractivity contribution is 5.38. The van der Waals surface area contributed by atoms with Crippen LogP contribution in [0.5, 0.6) is 5.75 Å². The zero-order valence-corrected chi connectivity index (χ0v) is 10.7. The van der Waals surface area contributed by atoms with Gasteiger partial charge in [-0.2, -0.15) is 5.10 Å². The minimum atomic E-state index is -0.283. The van der Waals surface area contributed by atoms with Gasteiger partial charge in [0.05, 0.1) is 7.11 Å². The molecule has 0 saturated heterocycles. The van der Waals surface area contributed by atoms with Gasteiger partial charge in [0.15, 0.2) is 0 Å². The first-order valence-corrected chi connectivity index (χ1v) is 5.67. The van der Waals surface area contributed by atoms with Crippen LogP contribution in [0.3, 0.4) is 0 Å². The van der Waals surface area contributed by atoms with Crippen molar-refractivity contribution in [1.29, 1.82) is 0 Å². The predicted octanol–water partition coefficient (Wildman–Crippen LogP) is 2.49. The fourth-order valence-electron chi connectivity index (χ4n) is 1.63. The van der Waals surface area contributed by atoms with Crippen LogP contribution < -0.4 is 10.1 Å². The first-order chi connectivity index (χ1) is 8.60. The molecule has 0 unspecified atom stereocenters. The quantitative estimate of drug-likeness (QED) is 0.904. The summed E-state index contributed by atoms with van der Waals surface area (Å²) in [7, 11) is 3.39. The molecule has 5 heteroatoms. The van der Waals surface area contributed by atoms with Gasteiger partial charge in [0, 0.05) is 37.0 Å². The molecule has 0 spiro atoms. The molecule has 4 nitrogen and oxygen atoms in total. The van der Waals surface area contributed by atoms with Crippen molar-refractivity contribution in [1.82, 2.24) is 9.78 Å². The number of nitrogens with zero attached hydrogens (tertiary/aromatic N) is 2. The Morgan fingerprint density at radius 2 is 2.17 bits per heavy atom. The molecule has 0 aliphatic carbocycles. The van der Waals surface area contributed by atoms with Crippen LogP contribution in [0.15, 0.2) is 24.3 Å². The number of nitrogens with one attached hydrogen (secondary N) is 1.